The number of benzene rings is 3. The quantitative estimate of drug-likeness (QED) is 0.312. The molecule has 0 unspecified atom stereocenters. The Morgan fingerprint density at radius 3 is 2.55 bits per heavy atom. The predicted octanol–water partition coefficient (Wildman–Crippen LogP) is 3.81. The number of aromatic nitrogens is 2. The Kier molecular flexibility index (Phi) is 4.52. The molecule has 1 aromatic heterocycles. The molecule has 0 atom stereocenters. The summed E-state index contributed by atoms with van der Waals surface area (Å²) >= 11 is 0. The number of nitro groups is 1. The van der Waals surface area contributed by atoms with Gasteiger partial charge in [-0.1, -0.05) is 30.3 Å². The van der Waals surface area contributed by atoms with E-state index in [-0.39, 0.29) is 23.4 Å². The molecule has 0 bridgehead atoms. The molecule has 0 spiro atoms. The summed E-state index contributed by atoms with van der Waals surface area (Å²) < 4.78 is 14.3. The van der Waals surface area contributed by atoms with Gasteiger partial charge in [0.25, 0.3) is 11.2 Å². The fourth-order valence-corrected chi connectivity index (χ4v) is 3.30. The van der Waals surface area contributed by atoms with E-state index in [0.717, 1.165) is 0 Å². The highest BCUT2D eigenvalue weighted by Crippen LogP contribution is 2.30. The fourth-order valence-electron chi connectivity index (χ4n) is 3.30. The minimum absolute atomic E-state index is 0.0410. The lowest BCUT2D eigenvalue weighted by molar-refractivity contribution is -0.383. The average Bonchev–Trinajstić information content (AvgIpc) is 2.70. The van der Waals surface area contributed by atoms with Crippen molar-refractivity contribution >= 4 is 22.1 Å². The molecule has 4 rings (SSSR count). The van der Waals surface area contributed by atoms with Crippen LogP contribution < -0.4 is 11.3 Å². The first-order chi connectivity index (χ1) is 13.9. The number of fused-ring (bicyclic) bond motifs is 1. The van der Waals surface area contributed by atoms with Crippen molar-refractivity contribution < 1.29 is 9.31 Å². The Balaban J connectivity index is 1.78. The van der Waals surface area contributed by atoms with Gasteiger partial charge in [-0.2, -0.15) is 5.10 Å². The van der Waals surface area contributed by atoms with Crippen LogP contribution in [0.3, 0.4) is 0 Å². The Labute approximate surface area is 163 Å². The maximum atomic E-state index is 14.3. The van der Waals surface area contributed by atoms with E-state index in [0.29, 0.717) is 33.2 Å². The molecule has 144 valence electrons. The van der Waals surface area contributed by atoms with Gasteiger partial charge in [0.05, 0.1) is 16.0 Å². The lowest BCUT2D eigenvalue weighted by Crippen LogP contribution is -2.11. The third-order valence-electron chi connectivity index (χ3n) is 4.66. The second-order valence-corrected chi connectivity index (χ2v) is 6.60. The third-order valence-corrected chi connectivity index (χ3v) is 4.66. The van der Waals surface area contributed by atoms with Crippen LogP contribution in [0.4, 0.5) is 15.8 Å². The lowest BCUT2D eigenvalue weighted by atomic mass is 9.98. The molecule has 29 heavy (non-hydrogen) atoms. The number of nitrogen functional groups attached to an aromatic ring is 1. The molecule has 7 nitrogen and oxygen atoms in total. The van der Waals surface area contributed by atoms with Gasteiger partial charge in [0, 0.05) is 17.9 Å². The molecular formula is C21H15FN4O3. The van der Waals surface area contributed by atoms with Crippen LogP contribution >= 0.6 is 0 Å². The zero-order valence-corrected chi connectivity index (χ0v) is 15.1. The second-order valence-electron chi connectivity index (χ2n) is 6.60. The van der Waals surface area contributed by atoms with Gasteiger partial charge in [0.1, 0.15) is 11.5 Å². The van der Waals surface area contributed by atoms with Crippen molar-refractivity contribution in [2.24, 2.45) is 0 Å². The maximum absolute atomic E-state index is 14.3. The van der Waals surface area contributed by atoms with Gasteiger partial charge in [-0.3, -0.25) is 14.9 Å². The lowest BCUT2D eigenvalue weighted by Gasteiger charge is -2.09. The van der Waals surface area contributed by atoms with Crippen LogP contribution in [0.1, 0.15) is 11.3 Å². The van der Waals surface area contributed by atoms with Crippen molar-refractivity contribution in [3.63, 3.8) is 0 Å². The molecule has 4 aromatic rings. The minimum atomic E-state index is -0.574. The molecule has 0 aliphatic rings. The van der Waals surface area contributed by atoms with Crippen LogP contribution in [0.15, 0.2) is 65.5 Å². The molecular weight excluding hydrogens is 375 g/mol. The zero-order chi connectivity index (χ0) is 20.5. The number of H-pyrrole nitrogens is 1. The van der Waals surface area contributed by atoms with Gasteiger partial charge < -0.3 is 5.73 Å². The van der Waals surface area contributed by atoms with E-state index in [2.05, 4.69) is 10.2 Å². The first-order valence-electron chi connectivity index (χ1n) is 8.72. The number of rotatable bonds is 4. The van der Waals surface area contributed by atoms with Crippen molar-refractivity contribution in [3.05, 3.63) is 98.2 Å². The normalized spacial score (nSPS) is 10.9. The van der Waals surface area contributed by atoms with E-state index < -0.39 is 10.7 Å². The molecule has 0 aliphatic carbocycles. The third kappa shape index (κ3) is 3.55. The smallest absolute Gasteiger partial charge is 0.292 e. The largest absolute Gasteiger partial charge is 0.393 e. The predicted molar refractivity (Wildman–Crippen MR) is 108 cm³/mol. The van der Waals surface area contributed by atoms with Crippen LogP contribution in [0, 0.1) is 15.9 Å². The molecule has 8 heteroatoms. The summed E-state index contributed by atoms with van der Waals surface area (Å²) in [7, 11) is 0. The van der Waals surface area contributed by atoms with Gasteiger partial charge in [-0.05, 0) is 41.0 Å². The number of hydrogen-bond donors (Lipinski definition) is 2. The zero-order valence-electron chi connectivity index (χ0n) is 15.1. The van der Waals surface area contributed by atoms with Crippen LogP contribution in [-0.2, 0) is 6.42 Å². The molecule has 1 heterocycles. The number of aromatic amines is 1. The molecule has 3 aromatic carbocycles. The average molecular weight is 390 g/mol. The summed E-state index contributed by atoms with van der Waals surface area (Å²) in [5, 5.41) is 18.9. The summed E-state index contributed by atoms with van der Waals surface area (Å²) in [5.41, 5.74) is 7.33. The fraction of sp³-hybridized carbons (Fsp3) is 0.0476. The number of anilines is 1. The van der Waals surface area contributed by atoms with E-state index in [1.54, 1.807) is 36.4 Å². The topological polar surface area (TPSA) is 115 Å². The van der Waals surface area contributed by atoms with E-state index in [1.807, 2.05) is 0 Å². The van der Waals surface area contributed by atoms with Crippen molar-refractivity contribution in [2.75, 3.05) is 5.73 Å². The SMILES string of the molecule is Nc1ccc(-c2cc(F)cc(Cc3n[nH]c(=O)c4ccccc34)c2)cc1[N+](=O)[O-]. The Bertz CT molecular complexity index is 1320. The Hall–Kier alpha value is -4.07. The van der Waals surface area contributed by atoms with Crippen molar-refractivity contribution in [1.29, 1.82) is 0 Å². The maximum Gasteiger partial charge on any atom is 0.292 e. The molecule has 3 N–H and O–H groups in total. The molecule has 0 saturated heterocycles. The summed E-state index contributed by atoms with van der Waals surface area (Å²) in [6.45, 7) is 0. The molecule has 0 aliphatic heterocycles. The minimum Gasteiger partial charge on any atom is -0.393 e. The van der Waals surface area contributed by atoms with Crippen molar-refractivity contribution in [3.8, 4) is 11.1 Å². The Morgan fingerprint density at radius 1 is 1.03 bits per heavy atom. The van der Waals surface area contributed by atoms with E-state index in [1.165, 1.54) is 24.3 Å². The second kappa shape index (κ2) is 7.16. The number of halogens is 1. The molecule has 0 radical (unpaired) electrons. The number of nitrogens with one attached hydrogen (secondary N) is 1. The monoisotopic (exact) mass is 390 g/mol. The van der Waals surface area contributed by atoms with E-state index in [4.69, 9.17) is 5.73 Å². The summed E-state index contributed by atoms with van der Waals surface area (Å²) in [5.74, 6) is -0.481. The van der Waals surface area contributed by atoms with E-state index >= 15 is 0 Å². The summed E-state index contributed by atoms with van der Waals surface area (Å²) in [6, 6.07) is 15.8. The van der Waals surface area contributed by atoms with Gasteiger partial charge in [0.2, 0.25) is 0 Å². The number of hydrogen-bond acceptors (Lipinski definition) is 5. The number of nitro benzene ring substituents is 1. The highest BCUT2D eigenvalue weighted by Gasteiger charge is 2.14. The Morgan fingerprint density at radius 2 is 1.79 bits per heavy atom. The highest BCUT2D eigenvalue weighted by atomic mass is 19.1. The van der Waals surface area contributed by atoms with Gasteiger partial charge in [-0.25, -0.2) is 9.49 Å². The molecule has 0 amide bonds. The first kappa shape index (κ1) is 18.3. The standard InChI is InChI=1S/C21H15FN4O3/c22-15-8-12(9-19-16-3-1-2-4-17(16)21(27)25-24-19)7-14(10-15)13-5-6-18(23)20(11-13)26(28)29/h1-8,10-11H,9,23H2,(H,25,27). The number of nitrogens with two attached hydrogens (primary N) is 1. The van der Waals surface area contributed by atoms with Crippen LogP contribution in [0.25, 0.3) is 21.9 Å². The molecule has 0 saturated carbocycles. The highest BCUT2D eigenvalue weighted by molar-refractivity contribution is 5.83. The summed E-state index contributed by atoms with van der Waals surface area (Å²) in [4.78, 5) is 22.5. The number of nitrogens with zero attached hydrogens (tertiary/aromatic N) is 2. The first-order valence-corrected chi connectivity index (χ1v) is 8.72. The van der Waals surface area contributed by atoms with Gasteiger partial charge in [0.15, 0.2) is 0 Å². The van der Waals surface area contributed by atoms with Gasteiger partial charge >= 0.3 is 0 Å². The molecule has 0 fully saturated rings. The van der Waals surface area contributed by atoms with Crippen LogP contribution in [0.2, 0.25) is 0 Å². The van der Waals surface area contributed by atoms with Crippen molar-refractivity contribution in [2.45, 2.75) is 6.42 Å². The van der Waals surface area contributed by atoms with Crippen LogP contribution in [0.5, 0.6) is 0 Å². The summed E-state index contributed by atoms with van der Waals surface area (Å²) in [6.07, 6.45) is 0.277. The van der Waals surface area contributed by atoms with Crippen molar-refractivity contribution in [1.82, 2.24) is 10.2 Å². The van der Waals surface area contributed by atoms with Crippen LogP contribution in [-0.4, -0.2) is 15.1 Å². The van der Waals surface area contributed by atoms with E-state index in [9.17, 15) is 19.3 Å². The van der Waals surface area contributed by atoms with Gasteiger partial charge in [-0.15, -0.1) is 0 Å².